The minimum absolute atomic E-state index is 0.107. The van der Waals surface area contributed by atoms with Gasteiger partial charge >= 0.3 is 0 Å². The number of hydrogen-bond donors (Lipinski definition) is 1. The number of benzene rings is 2. The van der Waals surface area contributed by atoms with Crippen molar-refractivity contribution in [2.75, 3.05) is 11.1 Å². The van der Waals surface area contributed by atoms with Gasteiger partial charge in [0.25, 0.3) is 0 Å². The van der Waals surface area contributed by atoms with Crippen molar-refractivity contribution in [3.63, 3.8) is 0 Å². The molecule has 1 saturated heterocycles. The van der Waals surface area contributed by atoms with E-state index in [2.05, 4.69) is 5.32 Å². The molecule has 27 heavy (non-hydrogen) atoms. The van der Waals surface area contributed by atoms with Gasteiger partial charge in [0.2, 0.25) is 11.8 Å². The van der Waals surface area contributed by atoms with Gasteiger partial charge in [0.1, 0.15) is 17.2 Å². The molecule has 1 N–H and O–H groups in total. The quantitative estimate of drug-likeness (QED) is 0.799. The molecule has 1 heterocycles. The zero-order valence-corrected chi connectivity index (χ0v) is 16.6. The lowest BCUT2D eigenvalue weighted by atomic mass is 10.1. The average Bonchev–Trinajstić information content (AvgIpc) is 3.08. The predicted molar refractivity (Wildman–Crippen MR) is 107 cm³/mol. The standard InChI is InChI=1S/C20H20ClFN2O2S/c1-12(2)19(26)24-17(18(25)23-14-9-7-13(22)8-10-14)11-27-20(24)15-5-3-4-6-16(15)21/h3-10,12,17,20H,11H2,1-2H3,(H,23,25)/t17-,20-/m1/s1. The summed E-state index contributed by atoms with van der Waals surface area (Å²) in [7, 11) is 0. The molecular formula is C20H20ClFN2O2S. The SMILES string of the molecule is CC(C)C(=O)N1[C@@H](C(=O)Nc2ccc(F)cc2)CS[C@@H]1c1ccccc1Cl. The highest BCUT2D eigenvalue weighted by molar-refractivity contribution is 7.99. The highest BCUT2D eigenvalue weighted by atomic mass is 35.5. The van der Waals surface area contributed by atoms with Crippen molar-refractivity contribution < 1.29 is 14.0 Å². The molecule has 0 saturated carbocycles. The summed E-state index contributed by atoms with van der Waals surface area (Å²) in [6.07, 6.45) is 0. The van der Waals surface area contributed by atoms with Gasteiger partial charge in [0.05, 0.1) is 0 Å². The number of halogens is 2. The molecule has 0 aromatic heterocycles. The molecule has 1 fully saturated rings. The Labute approximate surface area is 167 Å². The van der Waals surface area contributed by atoms with Gasteiger partial charge < -0.3 is 10.2 Å². The van der Waals surface area contributed by atoms with E-state index in [9.17, 15) is 14.0 Å². The molecule has 2 aromatic rings. The van der Waals surface area contributed by atoms with Crippen LogP contribution in [0.5, 0.6) is 0 Å². The highest BCUT2D eigenvalue weighted by Crippen LogP contribution is 2.44. The van der Waals surface area contributed by atoms with Gasteiger partial charge in [-0.05, 0) is 30.3 Å². The Morgan fingerprint density at radius 3 is 2.48 bits per heavy atom. The van der Waals surface area contributed by atoms with Crippen molar-refractivity contribution in [3.8, 4) is 0 Å². The molecule has 1 aliphatic rings. The van der Waals surface area contributed by atoms with E-state index in [4.69, 9.17) is 11.6 Å². The number of rotatable bonds is 4. The van der Waals surface area contributed by atoms with Crippen LogP contribution in [0, 0.1) is 11.7 Å². The van der Waals surface area contributed by atoms with Crippen LogP contribution in [-0.4, -0.2) is 28.5 Å². The topological polar surface area (TPSA) is 49.4 Å². The summed E-state index contributed by atoms with van der Waals surface area (Å²) in [5.74, 6) is -0.571. The van der Waals surface area contributed by atoms with Crippen LogP contribution in [0.25, 0.3) is 0 Å². The second-order valence-corrected chi connectivity index (χ2v) is 8.14. The summed E-state index contributed by atoms with van der Waals surface area (Å²) in [6.45, 7) is 3.62. The van der Waals surface area contributed by atoms with Crippen LogP contribution >= 0.6 is 23.4 Å². The Kier molecular flexibility index (Phi) is 6.07. The molecule has 0 aliphatic carbocycles. The number of carbonyl (C=O) groups is 2. The maximum atomic E-state index is 13.1. The van der Waals surface area contributed by atoms with E-state index in [-0.39, 0.29) is 28.9 Å². The summed E-state index contributed by atoms with van der Waals surface area (Å²) in [6, 6.07) is 12.3. The number of carbonyl (C=O) groups excluding carboxylic acids is 2. The molecular weight excluding hydrogens is 387 g/mol. The molecule has 142 valence electrons. The van der Waals surface area contributed by atoms with Gasteiger partial charge in [0, 0.05) is 27.9 Å². The van der Waals surface area contributed by atoms with Gasteiger partial charge in [-0.15, -0.1) is 11.8 Å². The zero-order valence-electron chi connectivity index (χ0n) is 15.0. The second kappa shape index (κ2) is 8.31. The lowest BCUT2D eigenvalue weighted by Gasteiger charge is -2.31. The monoisotopic (exact) mass is 406 g/mol. The van der Waals surface area contributed by atoms with E-state index >= 15 is 0 Å². The number of anilines is 1. The van der Waals surface area contributed by atoms with E-state index in [1.807, 2.05) is 32.0 Å². The Morgan fingerprint density at radius 1 is 1.19 bits per heavy atom. The van der Waals surface area contributed by atoms with E-state index in [0.717, 1.165) is 5.56 Å². The number of nitrogens with one attached hydrogen (secondary N) is 1. The van der Waals surface area contributed by atoms with Crippen LogP contribution in [0.1, 0.15) is 24.8 Å². The van der Waals surface area contributed by atoms with Gasteiger partial charge in [-0.25, -0.2) is 4.39 Å². The first-order valence-corrected chi connectivity index (χ1v) is 10.1. The highest BCUT2D eigenvalue weighted by Gasteiger charge is 2.43. The first kappa shape index (κ1) is 19.7. The molecule has 0 radical (unpaired) electrons. The lowest BCUT2D eigenvalue weighted by molar-refractivity contribution is -0.140. The number of nitrogens with zero attached hydrogens (tertiary/aromatic N) is 1. The molecule has 3 rings (SSSR count). The third-order valence-corrected chi connectivity index (χ3v) is 5.98. The van der Waals surface area contributed by atoms with E-state index in [1.165, 1.54) is 36.0 Å². The van der Waals surface area contributed by atoms with Crippen LogP contribution < -0.4 is 5.32 Å². The molecule has 2 atom stereocenters. The van der Waals surface area contributed by atoms with Gasteiger partial charge in [-0.3, -0.25) is 9.59 Å². The molecule has 1 aliphatic heterocycles. The number of amides is 2. The van der Waals surface area contributed by atoms with Gasteiger partial charge in [0.15, 0.2) is 0 Å². The predicted octanol–water partition coefficient (Wildman–Crippen LogP) is 4.72. The van der Waals surface area contributed by atoms with E-state index < -0.39 is 6.04 Å². The van der Waals surface area contributed by atoms with Crippen molar-refractivity contribution in [1.29, 1.82) is 0 Å². The first-order valence-electron chi connectivity index (χ1n) is 8.63. The smallest absolute Gasteiger partial charge is 0.248 e. The van der Waals surface area contributed by atoms with Crippen molar-refractivity contribution in [1.82, 2.24) is 4.90 Å². The fourth-order valence-corrected chi connectivity index (χ4v) is 4.73. The Bertz CT molecular complexity index is 844. The van der Waals surface area contributed by atoms with Gasteiger partial charge in [-0.1, -0.05) is 43.6 Å². The molecule has 0 spiro atoms. The summed E-state index contributed by atoms with van der Waals surface area (Å²) < 4.78 is 13.1. The number of hydrogen-bond acceptors (Lipinski definition) is 3. The zero-order chi connectivity index (χ0) is 19.6. The summed E-state index contributed by atoms with van der Waals surface area (Å²) in [4.78, 5) is 27.4. The molecule has 0 bridgehead atoms. The fourth-order valence-electron chi connectivity index (χ4n) is 2.95. The molecule has 7 heteroatoms. The fraction of sp³-hybridized carbons (Fsp3) is 0.300. The lowest BCUT2D eigenvalue weighted by Crippen LogP contribution is -2.47. The van der Waals surface area contributed by atoms with E-state index in [0.29, 0.717) is 16.5 Å². The van der Waals surface area contributed by atoms with Crippen LogP contribution in [0.3, 0.4) is 0 Å². The summed E-state index contributed by atoms with van der Waals surface area (Å²) in [5.41, 5.74) is 1.31. The van der Waals surface area contributed by atoms with Gasteiger partial charge in [-0.2, -0.15) is 0 Å². The summed E-state index contributed by atoms with van der Waals surface area (Å²) in [5, 5.41) is 3.02. The Hall–Kier alpha value is -2.05. The Balaban J connectivity index is 1.87. The average molecular weight is 407 g/mol. The van der Waals surface area contributed by atoms with Crippen molar-refractivity contribution in [3.05, 3.63) is 64.9 Å². The maximum Gasteiger partial charge on any atom is 0.248 e. The molecule has 4 nitrogen and oxygen atoms in total. The molecule has 2 aromatic carbocycles. The summed E-state index contributed by atoms with van der Waals surface area (Å²) >= 11 is 7.85. The third kappa shape index (κ3) is 4.28. The van der Waals surface area contributed by atoms with Crippen molar-refractivity contribution in [2.24, 2.45) is 5.92 Å². The number of thioether (sulfide) groups is 1. The first-order chi connectivity index (χ1) is 12.9. The molecule has 2 amide bonds. The largest absolute Gasteiger partial charge is 0.324 e. The van der Waals surface area contributed by atoms with Crippen molar-refractivity contribution >= 4 is 40.9 Å². The maximum absolute atomic E-state index is 13.1. The Morgan fingerprint density at radius 2 is 1.85 bits per heavy atom. The van der Waals surface area contributed by atoms with Crippen LogP contribution in [-0.2, 0) is 9.59 Å². The third-order valence-electron chi connectivity index (χ3n) is 4.33. The van der Waals surface area contributed by atoms with E-state index in [1.54, 1.807) is 11.0 Å². The second-order valence-electron chi connectivity index (χ2n) is 6.62. The minimum Gasteiger partial charge on any atom is -0.324 e. The van der Waals surface area contributed by atoms with Crippen LogP contribution in [0.4, 0.5) is 10.1 Å². The normalized spacial score (nSPS) is 19.4. The molecule has 0 unspecified atom stereocenters. The van der Waals surface area contributed by atoms with Crippen LogP contribution in [0.2, 0.25) is 5.02 Å². The van der Waals surface area contributed by atoms with Crippen molar-refractivity contribution in [2.45, 2.75) is 25.3 Å². The van der Waals surface area contributed by atoms with Crippen LogP contribution in [0.15, 0.2) is 48.5 Å². The minimum atomic E-state index is -0.628.